The molecule has 0 aliphatic carbocycles. The van der Waals surface area contributed by atoms with Crippen LogP contribution in [0, 0.1) is 5.92 Å². The van der Waals surface area contributed by atoms with Gasteiger partial charge in [0.25, 0.3) is 0 Å². The second kappa shape index (κ2) is 7.70. The van der Waals surface area contributed by atoms with Crippen LogP contribution >= 0.6 is 0 Å². The molecule has 0 spiro atoms. The Labute approximate surface area is 106 Å². The summed E-state index contributed by atoms with van der Waals surface area (Å²) in [5.74, 6) is 0.688. The van der Waals surface area contributed by atoms with Crippen LogP contribution in [-0.4, -0.2) is 37.1 Å². The fraction of sp³-hybridized carbons (Fsp3) is 0.929. The summed E-state index contributed by atoms with van der Waals surface area (Å²) >= 11 is 0. The van der Waals surface area contributed by atoms with Gasteiger partial charge in [-0.1, -0.05) is 33.1 Å². The molecule has 0 radical (unpaired) electrons. The molecule has 0 saturated carbocycles. The van der Waals surface area contributed by atoms with Crippen molar-refractivity contribution in [3.8, 4) is 0 Å². The van der Waals surface area contributed by atoms with Gasteiger partial charge in [-0.15, -0.1) is 0 Å². The zero-order valence-corrected chi connectivity index (χ0v) is 11.6. The van der Waals surface area contributed by atoms with E-state index < -0.39 is 0 Å². The van der Waals surface area contributed by atoms with Crippen LogP contribution in [0.25, 0.3) is 0 Å². The van der Waals surface area contributed by atoms with Gasteiger partial charge in [0.1, 0.15) is 6.04 Å². The summed E-state index contributed by atoms with van der Waals surface area (Å²) in [6.45, 7) is 6.61. The van der Waals surface area contributed by atoms with Gasteiger partial charge in [0, 0.05) is 6.54 Å². The average Bonchev–Trinajstić information content (AvgIpc) is 2.81. The van der Waals surface area contributed by atoms with Gasteiger partial charge in [-0.25, -0.2) is 0 Å². The molecule has 1 rings (SSSR count). The van der Waals surface area contributed by atoms with E-state index in [2.05, 4.69) is 18.7 Å². The standard InChI is InChI=1S/C14H27NO2/c1-4-6-8-12(5-2)11-15-10-7-9-13(15)14(16)17-3/h12-13H,4-11H2,1-3H3. The molecule has 1 saturated heterocycles. The van der Waals surface area contributed by atoms with Gasteiger partial charge in [0.05, 0.1) is 7.11 Å². The number of hydrogen-bond acceptors (Lipinski definition) is 3. The van der Waals surface area contributed by atoms with Gasteiger partial charge < -0.3 is 4.74 Å². The molecule has 0 aromatic heterocycles. The fourth-order valence-corrected chi connectivity index (χ4v) is 2.70. The highest BCUT2D eigenvalue weighted by Gasteiger charge is 2.32. The molecule has 0 aromatic carbocycles. The Kier molecular flexibility index (Phi) is 6.56. The molecule has 1 aliphatic heterocycles. The van der Waals surface area contributed by atoms with Crippen LogP contribution in [0.1, 0.15) is 52.4 Å². The number of hydrogen-bond donors (Lipinski definition) is 0. The fourth-order valence-electron chi connectivity index (χ4n) is 2.70. The summed E-state index contributed by atoms with van der Waals surface area (Å²) in [5.41, 5.74) is 0. The molecule has 1 fully saturated rings. The van der Waals surface area contributed by atoms with Crippen molar-refractivity contribution in [2.75, 3.05) is 20.2 Å². The maximum absolute atomic E-state index is 11.6. The maximum Gasteiger partial charge on any atom is 0.323 e. The van der Waals surface area contributed by atoms with Crippen molar-refractivity contribution >= 4 is 5.97 Å². The highest BCUT2D eigenvalue weighted by Crippen LogP contribution is 2.22. The lowest BCUT2D eigenvalue weighted by molar-refractivity contribution is -0.146. The van der Waals surface area contributed by atoms with Crippen molar-refractivity contribution in [1.29, 1.82) is 0 Å². The number of carbonyl (C=O) groups is 1. The smallest absolute Gasteiger partial charge is 0.323 e. The van der Waals surface area contributed by atoms with Crippen LogP contribution in [0.3, 0.4) is 0 Å². The second-order valence-electron chi connectivity index (χ2n) is 5.09. The number of rotatable bonds is 7. The van der Waals surface area contributed by atoms with Crippen LogP contribution in [0.2, 0.25) is 0 Å². The van der Waals surface area contributed by atoms with Crippen molar-refractivity contribution in [1.82, 2.24) is 4.90 Å². The minimum absolute atomic E-state index is 0.0238. The quantitative estimate of drug-likeness (QED) is 0.642. The first-order chi connectivity index (χ1) is 8.22. The van der Waals surface area contributed by atoms with Crippen molar-refractivity contribution in [2.45, 2.75) is 58.4 Å². The van der Waals surface area contributed by atoms with E-state index in [4.69, 9.17) is 4.74 Å². The molecule has 2 unspecified atom stereocenters. The zero-order valence-electron chi connectivity index (χ0n) is 11.6. The van der Waals surface area contributed by atoms with Gasteiger partial charge in [0.15, 0.2) is 0 Å². The molecule has 1 aliphatic rings. The molecule has 100 valence electrons. The zero-order chi connectivity index (χ0) is 12.7. The van der Waals surface area contributed by atoms with Gasteiger partial charge in [-0.3, -0.25) is 9.69 Å². The Morgan fingerprint density at radius 3 is 2.82 bits per heavy atom. The Balaban J connectivity index is 2.44. The predicted molar refractivity (Wildman–Crippen MR) is 69.9 cm³/mol. The maximum atomic E-state index is 11.6. The summed E-state index contributed by atoms with van der Waals surface area (Å²) in [4.78, 5) is 14.0. The van der Waals surface area contributed by atoms with Gasteiger partial charge >= 0.3 is 5.97 Å². The summed E-state index contributed by atoms with van der Waals surface area (Å²) < 4.78 is 4.88. The lowest BCUT2D eigenvalue weighted by Crippen LogP contribution is -2.39. The minimum atomic E-state index is -0.0483. The molecule has 3 nitrogen and oxygen atoms in total. The number of ether oxygens (including phenoxy) is 1. The molecule has 2 atom stereocenters. The van der Waals surface area contributed by atoms with E-state index in [1.807, 2.05) is 0 Å². The largest absolute Gasteiger partial charge is 0.468 e. The van der Waals surface area contributed by atoms with E-state index in [9.17, 15) is 4.79 Å². The van der Waals surface area contributed by atoms with E-state index >= 15 is 0 Å². The average molecular weight is 241 g/mol. The minimum Gasteiger partial charge on any atom is -0.468 e. The molecular formula is C14H27NO2. The number of esters is 1. The summed E-state index contributed by atoms with van der Waals surface area (Å²) in [6, 6.07) is 0.0238. The number of carbonyl (C=O) groups excluding carboxylic acids is 1. The molecule has 3 heteroatoms. The highest BCUT2D eigenvalue weighted by molar-refractivity contribution is 5.75. The molecule has 0 aromatic rings. The van der Waals surface area contributed by atoms with E-state index in [-0.39, 0.29) is 12.0 Å². The Bertz CT molecular complexity index is 230. The van der Waals surface area contributed by atoms with E-state index in [0.29, 0.717) is 0 Å². The van der Waals surface area contributed by atoms with Gasteiger partial charge in [-0.05, 0) is 31.7 Å². The Hall–Kier alpha value is -0.570. The first kappa shape index (κ1) is 14.5. The molecule has 0 bridgehead atoms. The molecule has 1 heterocycles. The lowest BCUT2D eigenvalue weighted by Gasteiger charge is -2.26. The summed E-state index contributed by atoms with van der Waals surface area (Å²) in [6.07, 6.45) is 7.16. The topological polar surface area (TPSA) is 29.5 Å². The van der Waals surface area contributed by atoms with E-state index in [0.717, 1.165) is 31.8 Å². The molecular weight excluding hydrogens is 214 g/mol. The third-order valence-electron chi connectivity index (χ3n) is 3.87. The van der Waals surface area contributed by atoms with Crippen LogP contribution in [0.5, 0.6) is 0 Å². The second-order valence-corrected chi connectivity index (χ2v) is 5.09. The Morgan fingerprint density at radius 2 is 2.24 bits per heavy atom. The van der Waals surface area contributed by atoms with Crippen molar-refractivity contribution < 1.29 is 9.53 Å². The molecule has 0 amide bonds. The van der Waals surface area contributed by atoms with Crippen molar-refractivity contribution in [3.63, 3.8) is 0 Å². The molecule has 0 N–H and O–H groups in total. The first-order valence-corrected chi connectivity index (χ1v) is 7.04. The van der Waals surface area contributed by atoms with Gasteiger partial charge in [0.2, 0.25) is 0 Å². The highest BCUT2D eigenvalue weighted by atomic mass is 16.5. The van der Waals surface area contributed by atoms with Crippen LogP contribution in [-0.2, 0) is 9.53 Å². The third kappa shape index (κ3) is 4.30. The van der Waals surface area contributed by atoms with Gasteiger partial charge in [-0.2, -0.15) is 0 Å². The number of likely N-dealkylation sites (tertiary alicyclic amines) is 1. The first-order valence-electron chi connectivity index (χ1n) is 7.04. The Morgan fingerprint density at radius 1 is 1.47 bits per heavy atom. The van der Waals surface area contributed by atoms with Crippen LogP contribution in [0.4, 0.5) is 0 Å². The summed E-state index contributed by atoms with van der Waals surface area (Å²) in [7, 11) is 1.49. The third-order valence-corrected chi connectivity index (χ3v) is 3.87. The lowest BCUT2D eigenvalue weighted by atomic mass is 9.98. The summed E-state index contributed by atoms with van der Waals surface area (Å²) in [5, 5.41) is 0. The number of nitrogens with zero attached hydrogens (tertiary/aromatic N) is 1. The van der Waals surface area contributed by atoms with E-state index in [1.54, 1.807) is 0 Å². The van der Waals surface area contributed by atoms with E-state index in [1.165, 1.54) is 32.8 Å². The van der Waals surface area contributed by atoms with Crippen molar-refractivity contribution in [3.05, 3.63) is 0 Å². The number of unbranched alkanes of at least 4 members (excludes halogenated alkanes) is 1. The van der Waals surface area contributed by atoms with Crippen LogP contribution < -0.4 is 0 Å². The monoisotopic (exact) mass is 241 g/mol. The number of methoxy groups -OCH3 is 1. The normalized spacial score (nSPS) is 22.6. The predicted octanol–water partition coefficient (Wildman–Crippen LogP) is 2.84. The molecule has 17 heavy (non-hydrogen) atoms. The SMILES string of the molecule is CCCCC(CC)CN1CCCC1C(=O)OC. The van der Waals surface area contributed by atoms with Crippen LogP contribution in [0.15, 0.2) is 0 Å². The van der Waals surface area contributed by atoms with Crippen molar-refractivity contribution in [2.24, 2.45) is 5.92 Å².